The zero-order valence-electron chi connectivity index (χ0n) is 17.1. The van der Waals surface area contributed by atoms with E-state index in [-0.39, 0.29) is 34.2 Å². The van der Waals surface area contributed by atoms with Crippen LogP contribution in [0.3, 0.4) is 0 Å². The van der Waals surface area contributed by atoms with Gasteiger partial charge in [0.1, 0.15) is 0 Å². The maximum atomic E-state index is 12.2. The van der Waals surface area contributed by atoms with Gasteiger partial charge in [0.2, 0.25) is 5.91 Å². The van der Waals surface area contributed by atoms with Gasteiger partial charge in [-0.15, -0.1) is 10.2 Å². The molecule has 1 heterocycles. The minimum Gasteiger partial charge on any atom is -0.459 e. The van der Waals surface area contributed by atoms with Crippen LogP contribution in [0.5, 0.6) is 0 Å². The molecule has 0 aliphatic rings. The van der Waals surface area contributed by atoms with Crippen LogP contribution >= 0.6 is 11.8 Å². The fourth-order valence-electron chi connectivity index (χ4n) is 2.53. The molecule has 160 valence electrons. The molecule has 1 amide bonds. The number of anilines is 1. The summed E-state index contributed by atoms with van der Waals surface area (Å²) in [5.41, 5.74) is 1.48. The Bertz CT molecular complexity index is 1100. The van der Waals surface area contributed by atoms with Crippen LogP contribution < -0.4 is 10.9 Å². The third kappa shape index (κ3) is 6.26. The quantitative estimate of drug-likeness (QED) is 0.408. The summed E-state index contributed by atoms with van der Waals surface area (Å²) in [4.78, 5) is 39.1. The Morgan fingerprint density at radius 2 is 1.81 bits per heavy atom. The number of ether oxygens (including phenoxy) is 1. The fraction of sp³-hybridized carbons (Fsp3) is 0.227. The summed E-state index contributed by atoms with van der Waals surface area (Å²) >= 11 is 1.07. The molecule has 0 radical (unpaired) electrons. The summed E-state index contributed by atoms with van der Waals surface area (Å²) in [6.45, 7) is 3.77. The van der Waals surface area contributed by atoms with E-state index in [0.717, 1.165) is 18.2 Å². The normalized spacial score (nSPS) is 11.5. The number of thioether (sulfide) groups is 1. The van der Waals surface area contributed by atoms with Crippen molar-refractivity contribution in [2.24, 2.45) is 0 Å². The van der Waals surface area contributed by atoms with Crippen LogP contribution in [0.25, 0.3) is 11.3 Å². The number of benzene rings is 2. The summed E-state index contributed by atoms with van der Waals surface area (Å²) in [7, 11) is 0. The molecule has 3 rings (SSSR count). The van der Waals surface area contributed by atoms with E-state index in [1.54, 1.807) is 36.4 Å². The second-order valence-corrected chi connectivity index (χ2v) is 7.68. The highest BCUT2D eigenvalue weighted by Crippen LogP contribution is 2.16. The predicted octanol–water partition coefficient (Wildman–Crippen LogP) is 3.52. The van der Waals surface area contributed by atoms with Gasteiger partial charge >= 0.3 is 5.97 Å². The fourth-order valence-corrected chi connectivity index (χ4v) is 3.13. The van der Waals surface area contributed by atoms with Gasteiger partial charge in [-0.2, -0.15) is 0 Å². The van der Waals surface area contributed by atoms with Gasteiger partial charge in [-0.3, -0.25) is 14.6 Å². The zero-order chi connectivity index (χ0) is 22.2. The molecule has 1 atom stereocenters. The van der Waals surface area contributed by atoms with Crippen LogP contribution in [0.2, 0.25) is 0 Å². The first kappa shape index (κ1) is 22.2. The second kappa shape index (κ2) is 10.5. The summed E-state index contributed by atoms with van der Waals surface area (Å²) < 4.78 is 5.27. The lowest BCUT2D eigenvalue weighted by Gasteiger charge is -2.11. The van der Waals surface area contributed by atoms with E-state index in [2.05, 4.69) is 20.5 Å². The highest BCUT2D eigenvalue weighted by Gasteiger charge is 2.12. The monoisotopic (exact) mass is 438 g/mol. The first-order valence-corrected chi connectivity index (χ1v) is 10.7. The van der Waals surface area contributed by atoms with E-state index in [1.807, 2.05) is 32.0 Å². The standard InChI is InChI=1S/C22H22N4O4S/c1-3-14(2)30-21(29)16-9-11-17(12-10-16)23-18(27)13-31-22-24-20(28)19(25-26-22)15-7-5-4-6-8-15/h4-12,14H,3,13H2,1-2H3,(H,23,27)(H,24,26,28)/t14-/m0/s1. The largest absolute Gasteiger partial charge is 0.459 e. The first-order chi connectivity index (χ1) is 15.0. The van der Waals surface area contributed by atoms with E-state index in [1.165, 1.54) is 0 Å². The van der Waals surface area contributed by atoms with Gasteiger partial charge in [-0.25, -0.2) is 4.79 Å². The third-order valence-electron chi connectivity index (χ3n) is 4.35. The number of nitrogens with one attached hydrogen (secondary N) is 2. The first-order valence-electron chi connectivity index (χ1n) is 9.72. The van der Waals surface area contributed by atoms with Gasteiger partial charge in [0.25, 0.3) is 5.56 Å². The molecule has 0 unspecified atom stereocenters. The molecule has 0 aliphatic heterocycles. The average molecular weight is 439 g/mol. The van der Waals surface area contributed by atoms with E-state index in [9.17, 15) is 14.4 Å². The Labute approximate surface area is 183 Å². The SMILES string of the molecule is CC[C@H](C)OC(=O)c1ccc(NC(=O)CSc2nnc(-c3ccccc3)c(=O)[nH]2)cc1. The van der Waals surface area contributed by atoms with Gasteiger partial charge in [-0.1, -0.05) is 49.0 Å². The Kier molecular flexibility index (Phi) is 7.55. The number of esters is 1. The molecule has 0 fully saturated rings. The molecule has 2 aromatic carbocycles. The van der Waals surface area contributed by atoms with E-state index >= 15 is 0 Å². The van der Waals surface area contributed by atoms with Crippen LogP contribution in [0.15, 0.2) is 64.5 Å². The van der Waals surface area contributed by atoms with Crippen molar-refractivity contribution < 1.29 is 14.3 Å². The molecule has 8 nitrogen and oxygen atoms in total. The maximum Gasteiger partial charge on any atom is 0.338 e. The molecule has 3 aromatic rings. The van der Waals surface area contributed by atoms with Crippen molar-refractivity contribution in [2.75, 3.05) is 11.1 Å². The number of carbonyl (C=O) groups excluding carboxylic acids is 2. The van der Waals surface area contributed by atoms with Gasteiger partial charge in [0.05, 0.1) is 17.4 Å². The highest BCUT2D eigenvalue weighted by atomic mass is 32.2. The van der Waals surface area contributed by atoms with Crippen molar-refractivity contribution in [3.63, 3.8) is 0 Å². The van der Waals surface area contributed by atoms with Crippen LogP contribution in [-0.4, -0.2) is 38.9 Å². The molecular formula is C22H22N4O4S. The number of aromatic nitrogens is 3. The number of hydrogen-bond donors (Lipinski definition) is 2. The lowest BCUT2D eigenvalue weighted by Crippen LogP contribution is -2.17. The van der Waals surface area contributed by atoms with Crippen molar-refractivity contribution in [1.29, 1.82) is 0 Å². The minimum atomic E-state index is -0.399. The Morgan fingerprint density at radius 1 is 1.10 bits per heavy atom. The molecule has 2 N–H and O–H groups in total. The summed E-state index contributed by atoms with van der Waals surface area (Å²) in [6.07, 6.45) is 0.586. The molecule has 0 spiro atoms. The van der Waals surface area contributed by atoms with Crippen molar-refractivity contribution in [3.8, 4) is 11.3 Å². The number of hydrogen-bond acceptors (Lipinski definition) is 7. The van der Waals surface area contributed by atoms with Crippen molar-refractivity contribution in [3.05, 3.63) is 70.5 Å². The van der Waals surface area contributed by atoms with Crippen molar-refractivity contribution in [1.82, 2.24) is 15.2 Å². The average Bonchev–Trinajstić information content (AvgIpc) is 2.78. The van der Waals surface area contributed by atoms with Crippen LogP contribution in [0.4, 0.5) is 5.69 Å². The van der Waals surface area contributed by atoms with E-state index < -0.39 is 5.97 Å². The minimum absolute atomic E-state index is 0.0348. The number of H-pyrrole nitrogens is 1. The van der Waals surface area contributed by atoms with Crippen molar-refractivity contribution >= 4 is 29.3 Å². The smallest absolute Gasteiger partial charge is 0.338 e. The number of carbonyl (C=O) groups is 2. The number of aromatic amines is 1. The molecule has 31 heavy (non-hydrogen) atoms. The molecular weight excluding hydrogens is 416 g/mol. The predicted molar refractivity (Wildman–Crippen MR) is 119 cm³/mol. The second-order valence-electron chi connectivity index (χ2n) is 6.71. The Hall–Kier alpha value is -3.46. The topological polar surface area (TPSA) is 114 Å². The molecule has 0 aliphatic carbocycles. The van der Waals surface area contributed by atoms with Gasteiger partial charge < -0.3 is 10.1 Å². The zero-order valence-corrected chi connectivity index (χ0v) is 17.9. The maximum absolute atomic E-state index is 12.2. The lowest BCUT2D eigenvalue weighted by atomic mass is 10.2. The molecule has 0 saturated heterocycles. The third-order valence-corrected chi connectivity index (χ3v) is 5.21. The van der Waals surface area contributed by atoms with Crippen LogP contribution in [-0.2, 0) is 9.53 Å². The molecule has 9 heteroatoms. The number of rotatable bonds is 8. The van der Waals surface area contributed by atoms with Gasteiger partial charge in [0.15, 0.2) is 10.9 Å². The summed E-state index contributed by atoms with van der Waals surface area (Å²) in [5.74, 6) is -0.647. The van der Waals surface area contributed by atoms with E-state index in [4.69, 9.17) is 4.74 Å². The van der Waals surface area contributed by atoms with E-state index in [0.29, 0.717) is 16.8 Å². The van der Waals surface area contributed by atoms with Crippen molar-refractivity contribution in [2.45, 2.75) is 31.5 Å². The summed E-state index contributed by atoms with van der Waals surface area (Å²) in [6, 6.07) is 15.5. The van der Waals surface area contributed by atoms with Crippen LogP contribution in [0, 0.1) is 0 Å². The Morgan fingerprint density at radius 3 is 2.45 bits per heavy atom. The lowest BCUT2D eigenvalue weighted by molar-refractivity contribution is -0.113. The number of nitrogens with zero attached hydrogens (tertiary/aromatic N) is 2. The Balaban J connectivity index is 1.54. The van der Waals surface area contributed by atoms with Gasteiger partial charge in [0, 0.05) is 11.3 Å². The molecule has 0 bridgehead atoms. The van der Waals surface area contributed by atoms with Gasteiger partial charge in [-0.05, 0) is 37.6 Å². The molecule has 0 saturated carbocycles. The summed E-state index contributed by atoms with van der Waals surface area (Å²) in [5, 5.41) is 10.9. The molecule has 1 aromatic heterocycles. The highest BCUT2D eigenvalue weighted by molar-refractivity contribution is 7.99. The van der Waals surface area contributed by atoms with Crippen LogP contribution in [0.1, 0.15) is 30.6 Å². The number of amides is 1.